The number of rotatable bonds is 8. The van der Waals surface area contributed by atoms with Crippen LogP contribution in [0.5, 0.6) is 0 Å². The summed E-state index contributed by atoms with van der Waals surface area (Å²) in [5.41, 5.74) is 1.09. The zero-order chi connectivity index (χ0) is 13.2. The molecule has 0 fully saturated rings. The average molecular weight is 268 g/mol. The summed E-state index contributed by atoms with van der Waals surface area (Å²) >= 11 is 0. The van der Waals surface area contributed by atoms with Crippen molar-refractivity contribution >= 4 is 16.7 Å². The summed E-state index contributed by atoms with van der Waals surface area (Å²) in [4.78, 5) is 11.5. The van der Waals surface area contributed by atoms with Crippen LogP contribution in [0.15, 0.2) is 30.3 Å². The van der Waals surface area contributed by atoms with Crippen molar-refractivity contribution < 1.29 is 9.00 Å². The van der Waals surface area contributed by atoms with Crippen LogP contribution in [-0.2, 0) is 22.1 Å². The molecule has 0 bridgehead atoms. The molecular formula is C13H20N2O2S. The Kier molecular flexibility index (Phi) is 7.29. The number of carbonyl (C=O) groups is 1. The van der Waals surface area contributed by atoms with E-state index in [2.05, 4.69) is 10.6 Å². The third-order valence-electron chi connectivity index (χ3n) is 2.40. The highest BCUT2D eigenvalue weighted by Gasteiger charge is 2.00. The van der Waals surface area contributed by atoms with E-state index in [1.807, 2.05) is 30.3 Å². The van der Waals surface area contributed by atoms with E-state index in [1.165, 1.54) is 0 Å². The number of hydrogen-bond acceptors (Lipinski definition) is 3. The number of benzene rings is 1. The largest absolute Gasteiger partial charge is 0.351 e. The molecule has 0 heterocycles. The molecule has 4 nitrogen and oxygen atoms in total. The Balaban J connectivity index is 2.06. The molecule has 1 rings (SSSR count). The molecule has 0 aliphatic rings. The van der Waals surface area contributed by atoms with Crippen LogP contribution >= 0.6 is 0 Å². The zero-order valence-corrected chi connectivity index (χ0v) is 11.5. The molecule has 0 aromatic heterocycles. The van der Waals surface area contributed by atoms with Gasteiger partial charge in [-0.2, -0.15) is 0 Å². The van der Waals surface area contributed by atoms with Gasteiger partial charge in [0.2, 0.25) is 5.91 Å². The van der Waals surface area contributed by atoms with E-state index < -0.39 is 10.8 Å². The quantitative estimate of drug-likeness (QED) is 0.681. The van der Waals surface area contributed by atoms with Gasteiger partial charge in [-0.3, -0.25) is 9.00 Å². The van der Waals surface area contributed by atoms with Crippen LogP contribution in [0.25, 0.3) is 0 Å². The molecule has 1 atom stereocenters. The van der Waals surface area contributed by atoms with Crippen molar-refractivity contribution in [2.75, 3.05) is 25.1 Å². The first-order valence-electron chi connectivity index (χ1n) is 6.00. The minimum absolute atomic E-state index is 0.0172. The van der Waals surface area contributed by atoms with Gasteiger partial charge in [-0.05, 0) is 18.5 Å². The summed E-state index contributed by atoms with van der Waals surface area (Å²) in [7, 11) is -0.749. The third kappa shape index (κ3) is 7.19. The minimum atomic E-state index is -0.749. The van der Waals surface area contributed by atoms with Gasteiger partial charge in [0.25, 0.3) is 0 Å². The van der Waals surface area contributed by atoms with Gasteiger partial charge < -0.3 is 10.6 Å². The number of nitrogens with one attached hydrogen (secondary N) is 2. The zero-order valence-electron chi connectivity index (χ0n) is 10.6. The van der Waals surface area contributed by atoms with Crippen molar-refractivity contribution in [2.24, 2.45) is 0 Å². The average Bonchev–Trinajstić information content (AvgIpc) is 2.37. The van der Waals surface area contributed by atoms with E-state index >= 15 is 0 Å². The molecule has 1 aromatic carbocycles. The van der Waals surface area contributed by atoms with E-state index in [-0.39, 0.29) is 5.91 Å². The van der Waals surface area contributed by atoms with Crippen LogP contribution in [0.4, 0.5) is 0 Å². The fourth-order valence-electron chi connectivity index (χ4n) is 1.46. The van der Waals surface area contributed by atoms with E-state index in [0.717, 1.165) is 18.5 Å². The lowest BCUT2D eigenvalue weighted by molar-refractivity contribution is -0.120. The Bertz CT molecular complexity index is 382. The van der Waals surface area contributed by atoms with Crippen molar-refractivity contribution in [3.05, 3.63) is 35.9 Å². The van der Waals surface area contributed by atoms with Crippen LogP contribution in [0.1, 0.15) is 12.0 Å². The smallest absolute Gasteiger partial charge is 0.234 e. The van der Waals surface area contributed by atoms with Crippen molar-refractivity contribution in [1.29, 1.82) is 0 Å². The molecule has 100 valence electrons. The van der Waals surface area contributed by atoms with Crippen LogP contribution in [0.2, 0.25) is 0 Å². The molecule has 1 aromatic rings. The highest BCUT2D eigenvalue weighted by molar-refractivity contribution is 7.84. The van der Waals surface area contributed by atoms with Crippen molar-refractivity contribution in [3.8, 4) is 0 Å². The molecule has 0 saturated heterocycles. The van der Waals surface area contributed by atoms with Gasteiger partial charge in [-0.15, -0.1) is 0 Å². The second kappa shape index (κ2) is 8.83. The predicted octanol–water partition coefficient (Wildman–Crippen LogP) is 0.661. The van der Waals surface area contributed by atoms with E-state index in [9.17, 15) is 9.00 Å². The number of carbonyl (C=O) groups excluding carboxylic acids is 1. The normalized spacial score (nSPS) is 12.1. The summed E-state index contributed by atoms with van der Waals surface area (Å²) in [5, 5.41) is 5.87. The molecule has 0 aliphatic carbocycles. The maximum atomic E-state index is 11.5. The van der Waals surface area contributed by atoms with Crippen molar-refractivity contribution in [3.63, 3.8) is 0 Å². The second-order valence-electron chi connectivity index (χ2n) is 4.07. The van der Waals surface area contributed by atoms with Gasteiger partial charge in [0, 0.05) is 29.4 Å². The highest BCUT2D eigenvalue weighted by Crippen LogP contribution is 1.96. The van der Waals surface area contributed by atoms with Crippen LogP contribution in [0.3, 0.4) is 0 Å². The summed E-state index contributed by atoms with van der Waals surface area (Å²) in [6.07, 6.45) is 2.52. The van der Waals surface area contributed by atoms with Gasteiger partial charge in [-0.1, -0.05) is 30.3 Å². The Morgan fingerprint density at radius 3 is 2.67 bits per heavy atom. The molecule has 18 heavy (non-hydrogen) atoms. The van der Waals surface area contributed by atoms with Gasteiger partial charge in [-0.25, -0.2) is 0 Å². The van der Waals surface area contributed by atoms with E-state index in [4.69, 9.17) is 0 Å². The Hall–Kier alpha value is -1.20. The lowest BCUT2D eigenvalue weighted by Crippen LogP contribution is -2.34. The second-order valence-corrected chi connectivity index (χ2v) is 5.62. The van der Waals surface area contributed by atoms with Gasteiger partial charge in [0.1, 0.15) is 0 Å². The summed E-state index contributed by atoms with van der Waals surface area (Å²) in [6, 6.07) is 9.80. The summed E-state index contributed by atoms with van der Waals surface area (Å²) < 4.78 is 10.8. The van der Waals surface area contributed by atoms with E-state index in [1.54, 1.807) is 6.26 Å². The standard InChI is InChI=1S/C13H20N2O2S/c1-18(17)9-5-8-14-11-13(16)15-10-12-6-3-2-4-7-12/h2-4,6-7,14H,5,8-11H2,1H3,(H,15,16). The molecule has 1 amide bonds. The number of hydrogen-bond donors (Lipinski definition) is 2. The Morgan fingerprint density at radius 1 is 1.28 bits per heavy atom. The first kappa shape index (κ1) is 14.9. The topological polar surface area (TPSA) is 58.2 Å². The molecule has 5 heteroatoms. The molecule has 0 aliphatic heterocycles. The van der Waals surface area contributed by atoms with Crippen molar-refractivity contribution in [1.82, 2.24) is 10.6 Å². The Labute approximate surface area is 111 Å². The fourth-order valence-corrected chi connectivity index (χ4v) is 2.01. The number of amides is 1. The molecule has 0 radical (unpaired) electrons. The van der Waals surface area contributed by atoms with Gasteiger partial charge in [0.05, 0.1) is 6.54 Å². The third-order valence-corrected chi connectivity index (χ3v) is 3.27. The maximum Gasteiger partial charge on any atom is 0.234 e. The lowest BCUT2D eigenvalue weighted by Gasteiger charge is -2.06. The maximum absolute atomic E-state index is 11.5. The van der Waals surface area contributed by atoms with E-state index in [0.29, 0.717) is 18.8 Å². The summed E-state index contributed by atoms with van der Waals surface area (Å²) in [6.45, 7) is 1.59. The molecular weight excluding hydrogens is 248 g/mol. The lowest BCUT2D eigenvalue weighted by atomic mass is 10.2. The van der Waals surface area contributed by atoms with Gasteiger partial charge >= 0.3 is 0 Å². The van der Waals surface area contributed by atoms with Crippen LogP contribution in [-0.4, -0.2) is 35.2 Å². The fraction of sp³-hybridized carbons (Fsp3) is 0.462. The van der Waals surface area contributed by atoms with Crippen LogP contribution < -0.4 is 10.6 Å². The first-order chi connectivity index (χ1) is 8.68. The molecule has 0 spiro atoms. The van der Waals surface area contributed by atoms with Crippen molar-refractivity contribution in [2.45, 2.75) is 13.0 Å². The first-order valence-corrected chi connectivity index (χ1v) is 7.72. The summed E-state index contributed by atoms with van der Waals surface area (Å²) in [5.74, 6) is 0.662. The SMILES string of the molecule is CS(=O)CCCNCC(=O)NCc1ccccc1. The molecule has 2 N–H and O–H groups in total. The molecule has 1 unspecified atom stereocenters. The van der Waals surface area contributed by atoms with Gasteiger partial charge in [0.15, 0.2) is 0 Å². The highest BCUT2D eigenvalue weighted by atomic mass is 32.2. The monoisotopic (exact) mass is 268 g/mol. The van der Waals surface area contributed by atoms with Crippen LogP contribution in [0, 0.1) is 0 Å². The predicted molar refractivity (Wildman–Crippen MR) is 74.7 cm³/mol. The minimum Gasteiger partial charge on any atom is -0.351 e. The molecule has 0 saturated carbocycles. The Morgan fingerprint density at radius 2 is 2.00 bits per heavy atom.